The van der Waals surface area contributed by atoms with Crippen molar-refractivity contribution in [3.05, 3.63) is 36.1 Å². The highest BCUT2D eigenvalue weighted by atomic mass is 19.2. The summed E-state index contributed by atoms with van der Waals surface area (Å²) in [6.45, 7) is 10.8. The Kier molecular flexibility index (Phi) is 5.57. The highest BCUT2D eigenvalue weighted by Crippen LogP contribution is 2.30. The van der Waals surface area contributed by atoms with E-state index in [1.54, 1.807) is 0 Å². The minimum atomic E-state index is -1.04. The molecule has 0 unspecified atom stereocenters. The summed E-state index contributed by atoms with van der Waals surface area (Å²) >= 11 is 0. The molecule has 102 valence electrons. The molecular formula is C15H22F2O. The SMILES string of the molecule is C=C(C)/C(F)=C(/F)C(=C)OCC1CCC(C)CC1. The molecule has 0 aromatic heterocycles. The van der Waals surface area contributed by atoms with Crippen molar-refractivity contribution in [2.45, 2.75) is 39.5 Å². The summed E-state index contributed by atoms with van der Waals surface area (Å²) in [5.41, 5.74) is 0.0451. The average molecular weight is 256 g/mol. The molecular weight excluding hydrogens is 234 g/mol. The van der Waals surface area contributed by atoms with Crippen LogP contribution in [0.15, 0.2) is 36.1 Å². The molecule has 0 aliphatic heterocycles. The summed E-state index contributed by atoms with van der Waals surface area (Å²) in [5.74, 6) is -1.04. The van der Waals surface area contributed by atoms with E-state index in [9.17, 15) is 8.78 Å². The van der Waals surface area contributed by atoms with Crippen LogP contribution in [0.3, 0.4) is 0 Å². The lowest BCUT2D eigenvalue weighted by Crippen LogP contribution is -2.17. The van der Waals surface area contributed by atoms with Crippen LogP contribution >= 0.6 is 0 Å². The zero-order valence-electron chi connectivity index (χ0n) is 11.3. The molecule has 1 nitrogen and oxygen atoms in total. The van der Waals surface area contributed by atoms with Gasteiger partial charge in [-0.15, -0.1) is 0 Å². The quantitative estimate of drug-likeness (QED) is 0.493. The second-order valence-electron chi connectivity index (χ2n) is 5.27. The lowest BCUT2D eigenvalue weighted by Gasteiger charge is -2.26. The summed E-state index contributed by atoms with van der Waals surface area (Å²) in [6.07, 6.45) is 4.53. The van der Waals surface area contributed by atoms with E-state index in [-0.39, 0.29) is 11.3 Å². The highest BCUT2D eigenvalue weighted by Gasteiger charge is 2.20. The Hall–Kier alpha value is -1.12. The molecule has 0 aromatic rings. The standard InChI is InChI=1S/C15H22F2O/c1-10(2)14(16)15(17)12(4)18-9-13-7-5-11(3)6-8-13/h11,13H,1,4-9H2,2-3H3/b15-14-. The second kappa shape index (κ2) is 6.72. The van der Waals surface area contributed by atoms with Gasteiger partial charge < -0.3 is 4.74 Å². The highest BCUT2D eigenvalue weighted by molar-refractivity contribution is 5.30. The van der Waals surface area contributed by atoms with E-state index in [1.165, 1.54) is 19.8 Å². The first-order chi connectivity index (χ1) is 8.41. The van der Waals surface area contributed by atoms with Gasteiger partial charge in [-0.05, 0) is 37.2 Å². The maximum absolute atomic E-state index is 13.5. The van der Waals surface area contributed by atoms with Crippen LogP contribution in [0.2, 0.25) is 0 Å². The first kappa shape index (κ1) is 14.9. The van der Waals surface area contributed by atoms with Gasteiger partial charge in [0, 0.05) is 0 Å². The van der Waals surface area contributed by atoms with Crippen molar-refractivity contribution in [3.63, 3.8) is 0 Å². The third kappa shape index (κ3) is 4.28. The maximum Gasteiger partial charge on any atom is 0.200 e. The van der Waals surface area contributed by atoms with Crippen molar-refractivity contribution < 1.29 is 13.5 Å². The van der Waals surface area contributed by atoms with Crippen LogP contribution in [-0.4, -0.2) is 6.61 Å². The van der Waals surface area contributed by atoms with Crippen molar-refractivity contribution in [3.8, 4) is 0 Å². The normalized spacial score (nSPS) is 25.3. The zero-order chi connectivity index (χ0) is 13.7. The van der Waals surface area contributed by atoms with Crippen LogP contribution in [0.5, 0.6) is 0 Å². The fourth-order valence-electron chi connectivity index (χ4n) is 2.09. The van der Waals surface area contributed by atoms with E-state index < -0.39 is 11.7 Å². The summed E-state index contributed by atoms with van der Waals surface area (Å²) < 4.78 is 32.0. The zero-order valence-corrected chi connectivity index (χ0v) is 11.3. The number of allylic oxidation sites excluding steroid dienone is 3. The van der Waals surface area contributed by atoms with Crippen molar-refractivity contribution >= 4 is 0 Å². The molecule has 0 spiro atoms. The largest absolute Gasteiger partial charge is 0.491 e. The molecule has 0 bridgehead atoms. The van der Waals surface area contributed by atoms with Crippen LogP contribution in [-0.2, 0) is 4.74 Å². The lowest BCUT2D eigenvalue weighted by atomic mass is 9.83. The van der Waals surface area contributed by atoms with Gasteiger partial charge >= 0.3 is 0 Å². The van der Waals surface area contributed by atoms with Crippen LogP contribution < -0.4 is 0 Å². The third-order valence-electron chi connectivity index (χ3n) is 3.44. The molecule has 0 N–H and O–H groups in total. The van der Waals surface area contributed by atoms with E-state index in [2.05, 4.69) is 20.1 Å². The van der Waals surface area contributed by atoms with Crippen LogP contribution in [0.25, 0.3) is 0 Å². The van der Waals surface area contributed by atoms with E-state index >= 15 is 0 Å². The van der Waals surface area contributed by atoms with Gasteiger partial charge in [-0.1, -0.05) is 32.9 Å². The summed E-state index contributed by atoms with van der Waals surface area (Å²) in [4.78, 5) is 0. The first-order valence-electron chi connectivity index (χ1n) is 6.45. The molecule has 3 heteroatoms. The molecule has 0 aromatic carbocycles. The summed E-state index contributed by atoms with van der Waals surface area (Å²) in [5, 5.41) is 0. The van der Waals surface area contributed by atoms with E-state index in [0.717, 1.165) is 18.8 Å². The predicted molar refractivity (Wildman–Crippen MR) is 70.3 cm³/mol. The van der Waals surface area contributed by atoms with Crippen molar-refractivity contribution in [1.29, 1.82) is 0 Å². The van der Waals surface area contributed by atoms with Gasteiger partial charge in [-0.25, -0.2) is 4.39 Å². The Morgan fingerprint density at radius 1 is 1.11 bits per heavy atom. The molecule has 1 aliphatic carbocycles. The predicted octanol–water partition coefficient (Wildman–Crippen LogP) is 5.07. The van der Waals surface area contributed by atoms with Crippen LogP contribution in [0, 0.1) is 11.8 Å². The molecule has 1 aliphatic rings. The molecule has 1 saturated carbocycles. The Morgan fingerprint density at radius 2 is 1.67 bits per heavy atom. The van der Waals surface area contributed by atoms with Crippen LogP contribution in [0.1, 0.15) is 39.5 Å². The number of hydrogen-bond acceptors (Lipinski definition) is 1. The molecule has 18 heavy (non-hydrogen) atoms. The minimum absolute atomic E-state index is 0.0451. The second-order valence-corrected chi connectivity index (χ2v) is 5.27. The fourth-order valence-corrected chi connectivity index (χ4v) is 2.09. The Morgan fingerprint density at radius 3 is 2.17 bits per heavy atom. The molecule has 0 heterocycles. The Labute approximate surface area is 108 Å². The van der Waals surface area contributed by atoms with Crippen molar-refractivity contribution in [2.75, 3.05) is 6.61 Å². The van der Waals surface area contributed by atoms with E-state index in [4.69, 9.17) is 4.74 Å². The topological polar surface area (TPSA) is 9.23 Å². The lowest BCUT2D eigenvalue weighted by molar-refractivity contribution is 0.130. The molecule has 0 radical (unpaired) electrons. The van der Waals surface area contributed by atoms with Gasteiger partial charge in [0.2, 0.25) is 0 Å². The van der Waals surface area contributed by atoms with Gasteiger partial charge in [-0.2, -0.15) is 4.39 Å². The molecule has 0 saturated heterocycles. The summed E-state index contributed by atoms with van der Waals surface area (Å²) in [7, 11) is 0. The van der Waals surface area contributed by atoms with Crippen LogP contribution in [0.4, 0.5) is 8.78 Å². The van der Waals surface area contributed by atoms with E-state index in [0.29, 0.717) is 12.5 Å². The van der Waals surface area contributed by atoms with Crippen molar-refractivity contribution in [2.24, 2.45) is 11.8 Å². The molecule has 1 fully saturated rings. The minimum Gasteiger partial charge on any atom is -0.491 e. The maximum atomic E-state index is 13.5. The molecule has 0 atom stereocenters. The Bertz CT molecular complexity index is 350. The van der Waals surface area contributed by atoms with Gasteiger partial charge in [0.25, 0.3) is 0 Å². The van der Waals surface area contributed by atoms with E-state index in [1.807, 2.05) is 0 Å². The summed E-state index contributed by atoms with van der Waals surface area (Å²) in [6, 6.07) is 0. The monoisotopic (exact) mass is 256 g/mol. The van der Waals surface area contributed by atoms with Gasteiger partial charge in [0.1, 0.15) is 0 Å². The molecule has 1 rings (SSSR count). The number of rotatable bonds is 5. The van der Waals surface area contributed by atoms with Crippen molar-refractivity contribution in [1.82, 2.24) is 0 Å². The number of halogens is 2. The average Bonchev–Trinajstić information content (AvgIpc) is 2.35. The smallest absolute Gasteiger partial charge is 0.200 e. The molecule has 0 amide bonds. The number of hydrogen-bond donors (Lipinski definition) is 0. The van der Waals surface area contributed by atoms with Gasteiger partial charge in [0.05, 0.1) is 6.61 Å². The first-order valence-corrected chi connectivity index (χ1v) is 6.45. The van der Waals surface area contributed by atoms with Gasteiger partial charge in [0.15, 0.2) is 17.4 Å². The Balaban J connectivity index is 2.42. The third-order valence-corrected chi connectivity index (χ3v) is 3.44. The fraction of sp³-hybridized carbons (Fsp3) is 0.600. The van der Waals surface area contributed by atoms with Gasteiger partial charge in [-0.3, -0.25) is 0 Å². The number of ether oxygens (including phenoxy) is 1.